The molecule has 0 aromatic heterocycles. The monoisotopic (exact) mass is 471 g/mol. The molecule has 6 nitrogen and oxygen atoms in total. The van der Waals surface area contributed by atoms with Gasteiger partial charge in [0.2, 0.25) is 10.0 Å². The zero-order valence-electron chi connectivity index (χ0n) is 20.1. The van der Waals surface area contributed by atoms with Crippen molar-refractivity contribution in [2.45, 2.75) is 51.0 Å². The average Bonchev–Trinajstić information content (AvgIpc) is 2.84. The summed E-state index contributed by atoms with van der Waals surface area (Å²) in [7, 11) is -3.52. The van der Waals surface area contributed by atoms with Gasteiger partial charge >= 0.3 is 0 Å². The summed E-state index contributed by atoms with van der Waals surface area (Å²) < 4.78 is 26.7. The number of benzene rings is 2. The number of nitrogens with zero attached hydrogens (tertiary/aromatic N) is 2. The van der Waals surface area contributed by atoms with E-state index in [4.69, 9.17) is 0 Å². The van der Waals surface area contributed by atoms with E-state index >= 15 is 0 Å². The van der Waals surface area contributed by atoms with Crippen molar-refractivity contribution in [1.29, 1.82) is 0 Å². The summed E-state index contributed by atoms with van der Waals surface area (Å²) in [5.74, 6) is -0.0388. The maximum Gasteiger partial charge on any atom is 0.243 e. The lowest BCUT2D eigenvalue weighted by Gasteiger charge is -2.35. The molecule has 180 valence electrons. The Morgan fingerprint density at radius 1 is 0.970 bits per heavy atom. The number of ketones is 1. The van der Waals surface area contributed by atoms with Crippen molar-refractivity contribution < 1.29 is 13.2 Å². The number of nitrogens with one attached hydrogen (secondary N) is 1. The van der Waals surface area contributed by atoms with E-state index < -0.39 is 10.0 Å². The number of carbonyl (C=O) groups excluding carboxylic acids is 1. The van der Waals surface area contributed by atoms with E-state index in [1.54, 1.807) is 12.1 Å². The molecule has 7 heteroatoms. The molecule has 1 saturated heterocycles. The highest BCUT2D eigenvalue weighted by Gasteiger charge is 2.23. The molecule has 0 spiro atoms. The molecular formula is C26H37N3O3S. The van der Waals surface area contributed by atoms with Gasteiger partial charge in [0.05, 0.1) is 11.4 Å². The van der Waals surface area contributed by atoms with E-state index in [2.05, 4.69) is 41.4 Å². The number of rotatable bonds is 11. The van der Waals surface area contributed by atoms with Crippen LogP contribution in [-0.4, -0.2) is 62.7 Å². The van der Waals surface area contributed by atoms with Crippen LogP contribution >= 0.6 is 0 Å². The Morgan fingerprint density at radius 3 is 2.15 bits per heavy atom. The van der Waals surface area contributed by atoms with Gasteiger partial charge in [-0.2, -0.15) is 4.31 Å². The normalized spacial score (nSPS) is 16.1. The van der Waals surface area contributed by atoms with Crippen LogP contribution in [0, 0.1) is 6.92 Å². The SMILES string of the molecule is CCN(CC)S(=O)(=O)c1ccc(C(=O)CNCC(c2ccc(C)cc2)N2CCCCC2)cc1. The van der Waals surface area contributed by atoms with Crippen LogP contribution in [0.5, 0.6) is 0 Å². The number of piperidine rings is 1. The van der Waals surface area contributed by atoms with E-state index in [-0.39, 0.29) is 23.3 Å². The lowest BCUT2D eigenvalue weighted by atomic mass is 10.0. The molecule has 1 atom stereocenters. The Kier molecular flexibility index (Phi) is 9.20. The maximum atomic E-state index is 12.8. The van der Waals surface area contributed by atoms with Crippen LogP contribution in [0.3, 0.4) is 0 Å². The fraction of sp³-hybridized carbons (Fsp3) is 0.500. The van der Waals surface area contributed by atoms with Gasteiger partial charge in [0.15, 0.2) is 5.78 Å². The summed E-state index contributed by atoms with van der Waals surface area (Å²) >= 11 is 0. The highest BCUT2D eigenvalue weighted by Crippen LogP contribution is 2.24. The van der Waals surface area contributed by atoms with Gasteiger partial charge in [-0.25, -0.2) is 8.42 Å². The number of Topliss-reactive ketones (excluding diaryl/α,β-unsaturated/α-hetero) is 1. The van der Waals surface area contributed by atoms with Crippen LogP contribution in [-0.2, 0) is 10.0 Å². The number of likely N-dealkylation sites (tertiary alicyclic amines) is 1. The minimum Gasteiger partial charge on any atom is -0.308 e. The summed E-state index contributed by atoms with van der Waals surface area (Å²) in [4.78, 5) is 15.5. The van der Waals surface area contributed by atoms with Crippen molar-refractivity contribution >= 4 is 15.8 Å². The third-order valence-corrected chi connectivity index (χ3v) is 8.50. The molecule has 1 N–H and O–H groups in total. The van der Waals surface area contributed by atoms with Crippen LogP contribution in [0.4, 0.5) is 0 Å². The van der Waals surface area contributed by atoms with E-state index in [1.807, 2.05) is 13.8 Å². The molecule has 3 rings (SSSR count). The Hall–Kier alpha value is -2.06. The first-order valence-corrected chi connectivity index (χ1v) is 13.5. The third kappa shape index (κ3) is 6.51. The van der Waals surface area contributed by atoms with Gasteiger partial charge in [0.25, 0.3) is 0 Å². The van der Waals surface area contributed by atoms with Crippen molar-refractivity contribution in [2.24, 2.45) is 0 Å². The van der Waals surface area contributed by atoms with E-state index in [0.29, 0.717) is 25.2 Å². The van der Waals surface area contributed by atoms with E-state index in [9.17, 15) is 13.2 Å². The molecular weight excluding hydrogens is 434 g/mol. The average molecular weight is 472 g/mol. The summed E-state index contributed by atoms with van der Waals surface area (Å²) in [6.45, 7) is 9.64. The molecule has 1 aliphatic rings. The van der Waals surface area contributed by atoms with Gasteiger partial charge in [-0.3, -0.25) is 9.69 Å². The van der Waals surface area contributed by atoms with Crippen LogP contribution in [0.1, 0.15) is 60.6 Å². The molecule has 0 aliphatic carbocycles. The first-order valence-electron chi connectivity index (χ1n) is 12.0. The highest BCUT2D eigenvalue weighted by molar-refractivity contribution is 7.89. The largest absolute Gasteiger partial charge is 0.308 e. The molecule has 1 heterocycles. The molecule has 0 bridgehead atoms. The van der Waals surface area contributed by atoms with Gasteiger partial charge in [-0.15, -0.1) is 0 Å². The minimum absolute atomic E-state index is 0.0388. The number of carbonyl (C=O) groups is 1. The Morgan fingerprint density at radius 2 is 1.58 bits per heavy atom. The Balaban J connectivity index is 1.63. The van der Waals surface area contributed by atoms with Crippen LogP contribution < -0.4 is 5.32 Å². The molecule has 0 radical (unpaired) electrons. The van der Waals surface area contributed by atoms with Crippen molar-refractivity contribution in [1.82, 2.24) is 14.5 Å². The molecule has 1 unspecified atom stereocenters. The standard InChI is InChI=1S/C26H37N3O3S/c1-4-29(5-2)33(31,32)24-15-13-23(14-16-24)26(30)20-27-19-25(28-17-7-6-8-18-28)22-11-9-21(3)10-12-22/h9-16,25,27H,4-8,17-20H2,1-3H3. The van der Waals surface area contributed by atoms with E-state index in [0.717, 1.165) is 13.1 Å². The third-order valence-electron chi connectivity index (χ3n) is 6.44. The zero-order chi connectivity index (χ0) is 23.8. The van der Waals surface area contributed by atoms with Crippen LogP contribution in [0.15, 0.2) is 53.4 Å². The maximum absolute atomic E-state index is 12.8. The molecule has 0 saturated carbocycles. The highest BCUT2D eigenvalue weighted by atomic mass is 32.2. The molecule has 33 heavy (non-hydrogen) atoms. The fourth-order valence-corrected chi connectivity index (χ4v) is 5.88. The lowest BCUT2D eigenvalue weighted by molar-refractivity contribution is 0.0983. The molecule has 1 fully saturated rings. The van der Waals surface area contributed by atoms with Crippen molar-refractivity contribution in [3.05, 3.63) is 65.2 Å². The summed E-state index contributed by atoms with van der Waals surface area (Å²) in [6.07, 6.45) is 3.71. The second-order valence-corrected chi connectivity index (χ2v) is 10.6. The van der Waals surface area contributed by atoms with Crippen molar-refractivity contribution in [3.63, 3.8) is 0 Å². The molecule has 2 aromatic carbocycles. The lowest BCUT2D eigenvalue weighted by Crippen LogP contribution is -2.40. The van der Waals surface area contributed by atoms with Crippen LogP contribution in [0.25, 0.3) is 0 Å². The number of hydrogen-bond donors (Lipinski definition) is 1. The number of hydrogen-bond acceptors (Lipinski definition) is 5. The fourth-order valence-electron chi connectivity index (χ4n) is 4.43. The summed E-state index contributed by atoms with van der Waals surface area (Å²) in [5.41, 5.74) is 3.03. The minimum atomic E-state index is -3.52. The van der Waals surface area contributed by atoms with Gasteiger partial charge in [-0.05, 0) is 50.6 Å². The Labute approximate surface area is 199 Å². The molecule has 1 aliphatic heterocycles. The predicted molar refractivity (Wildman–Crippen MR) is 133 cm³/mol. The second-order valence-electron chi connectivity index (χ2n) is 8.69. The second kappa shape index (κ2) is 11.9. The van der Waals surface area contributed by atoms with Crippen molar-refractivity contribution in [2.75, 3.05) is 39.3 Å². The van der Waals surface area contributed by atoms with E-state index in [1.165, 1.54) is 46.8 Å². The molecule has 2 aromatic rings. The van der Waals surface area contributed by atoms with Gasteiger partial charge < -0.3 is 5.32 Å². The zero-order valence-corrected chi connectivity index (χ0v) is 20.9. The van der Waals surface area contributed by atoms with Crippen LogP contribution in [0.2, 0.25) is 0 Å². The van der Waals surface area contributed by atoms with Gasteiger partial charge in [0, 0.05) is 31.2 Å². The Bertz CT molecular complexity index is 994. The quantitative estimate of drug-likeness (QED) is 0.501. The molecule has 0 amide bonds. The number of aryl methyl sites for hydroxylation is 1. The van der Waals surface area contributed by atoms with Gasteiger partial charge in [0.1, 0.15) is 0 Å². The predicted octanol–water partition coefficient (Wildman–Crippen LogP) is 4.03. The smallest absolute Gasteiger partial charge is 0.243 e. The van der Waals surface area contributed by atoms with Gasteiger partial charge in [-0.1, -0.05) is 62.2 Å². The van der Waals surface area contributed by atoms with Crippen molar-refractivity contribution in [3.8, 4) is 0 Å². The number of sulfonamides is 1. The first kappa shape index (κ1) is 25.6. The summed E-state index contributed by atoms with van der Waals surface area (Å²) in [5, 5.41) is 3.36. The summed E-state index contributed by atoms with van der Waals surface area (Å²) in [6, 6.07) is 15.2. The topological polar surface area (TPSA) is 69.7 Å². The first-order chi connectivity index (χ1) is 15.9.